The third-order valence-electron chi connectivity index (χ3n) is 2.86. The van der Waals surface area contributed by atoms with Gasteiger partial charge in [0, 0.05) is 6.42 Å². The normalized spacial score (nSPS) is 34.3. The van der Waals surface area contributed by atoms with Crippen molar-refractivity contribution in [2.45, 2.75) is 29.5 Å². The first kappa shape index (κ1) is 13.1. The molecule has 1 N–H and O–H groups in total. The fraction of sp³-hybridized carbons (Fsp3) is 0.667. The van der Waals surface area contributed by atoms with E-state index in [9.17, 15) is 4.79 Å². The van der Waals surface area contributed by atoms with Crippen molar-refractivity contribution < 1.29 is 9.28 Å². The molecule has 0 aromatic rings. The smallest absolute Gasteiger partial charge is 0.303 e. The molecule has 0 aliphatic carbocycles. The summed E-state index contributed by atoms with van der Waals surface area (Å²) in [5.74, 6) is -0.249. The number of alkyl halides is 3. The van der Waals surface area contributed by atoms with Crippen molar-refractivity contribution in [2.75, 3.05) is 7.05 Å². The van der Waals surface area contributed by atoms with E-state index in [-0.39, 0.29) is 16.6 Å². The lowest BCUT2D eigenvalue weighted by Crippen LogP contribution is -2.50. The predicted molar refractivity (Wildman–Crippen MR) is 62.7 cm³/mol. The van der Waals surface area contributed by atoms with Crippen LogP contribution in [-0.2, 0) is 4.79 Å². The zero-order valence-electron chi connectivity index (χ0n) is 8.64. The molecule has 0 bridgehead atoms. The van der Waals surface area contributed by atoms with E-state index in [1.54, 1.807) is 0 Å². The summed E-state index contributed by atoms with van der Waals surface area (Å²) in [6.45, 7) is 5.32. The minimum atomic E-state index is -1.03. The second kappa shape index (κ2) is 4.13. The summed E-state index contributed by atoms with van der Waals surface area (Å²) >= 11 is 18.1. The van der Waals surface area contributed by atoms with Gasteiger partial charge in [-0.2, -0.15) is 0 Å². The highest BCUT2D eigenvalue weighted by molar-refractivity contribution is 6.53. The number of rotatable bonds is 4. The molecule has 0 saturated carbocycles. The minimum Gasteiger partial charge on any atom is -0.303 e. The van der Waals surface area contributed by atoms with Crippen molar-refractivity contribution in [3.05, 3.63) is 12.7 Å². The summed E-state index contributed by atoms with van der Waals surface area (Å²) in [6.07, 6.45) is 1.71. The Kier molecular flexibility index (Phi) is 3.61. The van der Waals surface area contributed by atoms with E-state index >= 15 is 0 Å². The van der Waals surface area contributed by atoms with Crippen LogP contribution in [0, 0.1) is 0 Å². The highest BCUT2D eigenvalue weighted by atomic mass is 35.5. The van der Waals surface area contributed by atoms with Gasteiger partial charge < -0.3 is 5.32 Å². The summed E-state index contributed by atoms with van der Waals surface area (Å²) < 4.78 is -0.815. The molecule has 86 valence electrons. The van der Waals surface area contributed by atoms with Crippen LogP contribution in [0.1, 0.15) is 13.3 Å². The topological polar surface area (TPSA) is 29.1 Å². The Labute approximate surface area is 105 Å². The number of hydrogen-bond acceptors (Lipinski definition) is 1. The summed E-state index contributed by atoms with van der Waals surface area (Å²) in [6, 6.07) is 0. The Morgan fingerprint density at radius 1 is 1.73 bits per heavy atom. The number of likely N-dealkylation sites (N-methyl/N-ethyl adjacent to an activating group) is 1. The number of halogens is 3. The SMILES string of the molecule is C=CC(=O)NC(CC)[N+]1(C)C(Cl)C1(Cl)Cl. The Balaban J connectivity index is 2.77. The van der Waals surface area contributed by atoms with E-state index in [1.165, 1.54) is 6.08 Å². The lowest BCUT2D eigenvalue weighted by Gasteiger charge is -2.25. The highest BCUT2D eigenvalue weighted by Gasteiger charge is 2.79. The van der Waals surface area contributed by atoms with Crippen molar-refractivity contribution in [3.8, 4) is 0 Å². The number of hydrogen-bond donors (Lipinski definition) is 1. The van der Waals surface area contributed by atoms with Crippen LogP contribution >= 0.6 is 34.8 Å². The molecule has 15 heavy (non-hydrogen) atoms. The lowest BCUT2D eigenvalue weighted by atomic mass is 10.3. The summed E-state index contributed by atoms with van der Waals surface area (Å²) in [4.78, 5) is 11.2. The van der Waals surface area contributed by atoms with Crippen LogP contribution in [0.5, 0.6) is 0 Å². The van der Waals surface area contributed by atoms with Gasteiger partial charge in [-0.1, -0.05) is 13.5 Å². The number of carbonyl (C=O) groups excluding carboxylic acids is 1. The third kappa shape index (κ3) is 1.86. The molecule has 1 saturated heterocycles. The predicted octanol–water partition coefficient (Wildman–Crippen LogP) is 2.18. The maximum atomic E-state index is 11.2. The molecule has 0 spiro atoms. The van der Waals surface area contributed by atoms with Crippen molar-refractivity contribution in [1.82, 2.24) is 5.32 Å². The summed E-state index contributed by atoms with van der Waals surface area (Å²) in [5.41, 5.74) is -0.407. The molecule has 0 aromatic heterocycles. The van der Waals surface area contributed by atoms with Crippen LogP contribution in [0.3, 0.4) is 0 Å². The van der Waals surface area contributed by atoms with Crippen LogP contribution in [0.4, 0.5) is 0 Å². The molecule has 0 aromatic carbocycles. The molecule has 6 heteroatoms. The summed E-state index contributed by atoms with van der Waals surface area (Å²) in [7, 11) is 1.81. The number of quaternary nitrogens is 1. The maximum Gasteiger partial charge on any atom is 0.321 e. The molecule has 3 unspecified atom stereocenters. The van der Waals surface area contributed by atoms with E-state index in [0.717, 1.165) is 0 Å². The fourth-order valence-corrected chi connectivity index (χ4v) is 2.92. The first-order valence-electron chi connectivity index (χ1n) is 4.63. The standard InChI is InChI=1S/C9H13Cl3N2O/c1-4-6(13-7(15)5-2)14(3)8(10)9(14,11)12/h5-6,8H,2,4H2,1,3H3/p+1. The molecule has 1 aliphatic heterocycles. The van der Waals surface area contributed by atoms with Gasteiger partial charge in [-0.3, -0.25) is 4.79 Å². The van der Waals surface area contributed by atoms with E-state index in [0.29, 0.717) is 6.42 Å². The molecule has 1 amide bonds. The van der Waals surface area contributed by atoms with Gasteiger partial charge in [0.25, 0.3) is 5.50 Å². The number of nitrogens with zero attached hydrogens (tertiary/aromatic N) is 1. The average Bonchev–Trinajstić information content (AvgIpc) is 2.59. The number of carbonyl (C=O) groups is 1. The van der Waals surface area contributed by atoms with Crippen LogP contribution in [0.25, 0.3) is 0 Å². The number of nitrogens with one attached hydrogen (secondary N) is 1. The van der Waals surface area contributed by atoms with E-state index in [1.807, 2.05) is 14.0 Å². The second-order valence-corrected chi connectivity index (χ2v) is 5.47. The molecule has 3 nitrogen and oxygen atoms in total. The molecule has 0 radical (unpaired) electrons. The van der Waals surface area contributed by atoms with E-state index in [2.05, 4.69) is 11.9 Å². The van der Waals surface area contributed by atoms with Gasteiger partial charge in [0.1, 0.15) is 0 Å². The van der Waals surface area contributed by atoms with E-state index in [4.69, 9.17) is 34.8 Å². The lowest BCUT2D eigenvalue weighted by molar-refractivity contribution is -0.828. The quantitative estimate of drug-likeness (QED) is 0.275. The fourth-order valence-electron chi connectivity index (χ4n) is 1.64. The monoisotopic (exact) mass is 271 g/mol. The Hall–Kier alpha value is 0.0400. The van der Waals surface area contributed by atoms with Crippen molar-refractivity contribution in [1.29, 1.82) is 0 Å². The molecule has 1 rings (SSSR count). The van der Waals surface area contributed by atoms with Gasteiger partial charge in [0.2, 0.25) is 5.91 Å². The zero-order valence-corrected chi connectivity index (χ0v) is 10.9. The average molecular weight is 273 g/mol. The molecular weight excluding hydrogens is 258 g/mol. The van der Waals surface area contributed by atoms with Crippen molar-refractivity contribution in [3.63, 3.8) is 0 Å². The molecular formula is C9H14Cl3N2O+. The van der Waals surface area contributed by atoms with Crippen molar-refractivity contribution in [2.24, 2.45) is 0 Å². The minimum absolute atomic E-state index is 0.201. The first-order valence-corrected chi connectivity index (χ1v) is 5.82. The van der Waals surface area contributed by atoms with Crippen LogP contribution in [0.15, 0.2) is 12.7 Å². The molecule has 1 aliphatic rings. The zero-order chi connectivity index (χ0) is 11.9. The van der Waals surface area contributed by atoms with Gasteiger partial charge in [-0.25, -0.2) is 4.48 Å². The van der Waals surface area contributed by atoms with Crippen LogP contribution < -0.4 is 5.32 Å². The highest BCUT2D eigenvalue weighted by Crippen LogP contribution is 2.59. The van der Waals surface area contributed by atoms with Gasteiger partial charge in [0.05, 0.1) is 7.05 Å². The van der Waals surface area contributed by atoms with Gasteiger partial charge >= 0.3 is 4.46 Å². The van der Waals surface area contributed by atoms with Crippen LogP contribution in [-0.4, -0.2) is 33.6 Å². The number of amides is 1. The maximum absolute atomic E-state index is 11.2. The third-order valence-corrected chi connectivity index (χ3v) is 4.95. The van der Waals surface area contributed by atoms with Gasteiger partial charge in [-0.15, -0.1) is 0 Å². The van der Waals surface area contributed by atoms with Crippen LogP contribution in [0.2, 0.25) is 0 Å². The Morgan fingerprint density at radius 3 is 2.47 bits per heavy atom. The summed E-state index contributed by atoms with van der Waals surface area (Å²) in [5, 5.41) is 2.77. The van der Waals surface area contributed by atoms with E-state index < -0.39 is 9.96 Å². The molecule has 1 fully saturated rings. The molecule has 3 atom stereocenters. The Bertz CT molecular complexity index is 295. The van der Waals surface area contributed by atoms with Crippen molar-refractivity contribution >= 4 is 40.7 Å². The largest absolute Gasteiger partial charge is 0.321 e. The van der Waals surface area contributed by atoms with Gasteiger partial charge in [0.15, 0.2) is 6.17 Å². The first-order chi connectivity index (χ1) is 6.82. The second-order valence-electron chi connectivity index (χ2n) is 3.71. The Morgan fingerprint density at radius 2 is 2.20 bits per heavy atom. The molecule has 1 heterocycles. The van der Waals surface area contributed by atoms with Gasteiger partial charge in [-0.05, 0) is 40.9 Å².